The van der Waals surface area contributed by atoms with Crippen LogP contribution in [0.15, 0.2) is 30.3 Å². The monoisotopic (exact) mass is 235 g/mol. The van der Waals surface area contributed by atoms with Gasteiger partial charge >= 0.3 is 6.03 Å². The van der Waals surface area contributed by atoms with E-state index in [0.29, 0.717) is 0 Å². The molecule has 4 nitrogen and oxygen atoms in total. The summed E-state index contributed by atoms with van der Waals surface area (Å²) in [5.41, 5.74) is 6.40. The van der Waals surface area contributed by atoms with E-state index in [1.807, 2.05) is 30.3 Å². The average Bonchev–Trinajstić information content (AvgIpc) is 2.34. The van der Waals surface area contributed by atoms with Gasteiger partial charge in [-0.2, -0.15) is 0 Å². The minimum absolute atomic E-state index is 0.0187. The van der Waals surface area contributed by atoms with Crippen molar-refractivity contribution in [3.63, 3.8) is 0 Å². The largest absolute Gasteiger partial charge is 0.350 e. The Kier molecular flexibility index (Phi) is 5.49. The van der Waals surface area contributed by atoms with Crippen LogP contribution in [0.25, 0.3) is 0 Å². The van der Waals surface area contributed by atoms with E-state index in [4.69, 9.17) is 11.6 Å². The van der Waals surface area contributed by atoms with Crippen molar-refractivity contribution in [2.24, 2.45) is 11.6 Å². The number of benzene rings is 1. The second-order valence-electron chi connectivity index (χ2n) is 4.23. The number of nitrogens with zero attached hydrogens (tertiary/aromatic N) is 1. The normalized spacial score (nSPS) is 12.1. The minimum Gasteiger partial charge on any atom is -0.350 e. The number of hydrogen-bond donors (Lipinski definition) is 2. The van der Waals surface area contributed by atoms with Gasteiger partial charge in [0.2, 0.25) is 0 Å². The van der Waals surface area contributed by atoms with Crippen molar-refractivity contribution in [2.75, 3.05) is 0 Å². The van der Waals surface area contributed by atoms with Crippen LogP contribution in [0.1, 0.15) is 31.7 Å². The van der Waals surface area contributed by atoms with Crippen molar-refractivity contribution in [1.29, 1.82) is 0 Å². The highest BCUT2D eigenvalue weighted by Crippen LogP contribution is 2.12. The molecule has 1 rings (SSSR count). The minimum atomic E-state index is -0.568. The maximum atomic E-state index is 11.1. The molecule has 0 saturated carbocycles. The molecule has 1 aromatic rings. The van der Waals surface area contributed by atoms with Crippen molar-refractivity contribution in [2.45, 2.75) is 38.6 Å². The van der Waals surface area contributed by atoms with Crippen LogP contribution in [0, 0.1) is 0 Å². The summed E-state index contributed by atoms with van der Waals surface area (Å²) in [7, 11) is 0. The number of carbonyl (C=O) groups is 1. The molecule has 0 aromatic heterocycles. The summed E-state index contributed by atoms with van der Waals surface area (Å²) in [5.74, 6) is 5.71. The van der Waals surface area contributed by atoms with Gasteiger partial charge in [0.05, 0.1) is 6.04 Å². The maximum Gasteiger partial charge on any atom is 0.329 e. The number of urea groups is 1. The molecule has 1 unspecified atom stereocenters. The Bertz CT molecular complexity index is 340. The predicted octanol–water partition coefficient (Wildman–Crippen LogP) is 2.04. The Labute approximate surface area is 103 Å². The van der Waals surface area contributed by atoms with E-state index < -0.39 is 6.03 Å². The number of hydrogen-bond acceptors (Lipinski definition) is 2. The van der Waals surface area contributed by atoms with Crippen LogP contribution in [0.4, 0.5) is 4.79 Å². The van der Waals surface area contributed by atoms with Crippen LogP contribution in [-0.4, -0.2) is 17.1 Å². The lowest BCUT2D eigenvalue weighted by atomic mass is 10.0. The van der Waals surface area contributed by atoms with Gasteiger partial charge in [0.1, 0.15) is 0 Å². The maximum absolute atomic E-state index is 11.1. The number of hydrazine groups is 1. The molecule has 0 fully saturated rings. The molecule has 0 aliphatic rings. The van der Waals surface area contributed by atoms with E-state index in [1.165, 1.54) is 5.56 Å². The predicted molar refractivity (Wildman–Crippen MR) is 69.1 cm³/mol. The van der Waals surface area contributed by atoms with Gasteiger partial charge in [-0.3, -0.25) is 5.01 Å². The Morgan fingerprint density at radius 1 is 1.35 bits per heavy atom. The van der Waals surface area contributed by atoms with Gasteiger partial charge in [0, 0.05) is 0 Å². The SMILES string of the molecule is CCCCC(Cc1ccccc1)N(N)C(N)=O. The van der Waals surface area contributed by atoms with Crippen molar-refractivity contribution in [3.05, 3.63) is 35.9 Å². The van der Waals surface area contributed by atoms with Crippen LogP contribution in [0.5, 0.6) is 0 Å². The van der Waals surface area contributed by atoms with Gasteiger partial charge in [-0.1, -0.05) is 50.1 Å². The number of amides is 2. The highest BCUT2D eigenvalue weighted by Gasteiger charge is 2.18. The number of nitrogens with two attached hydrogens (primary N) is 2. The molecule has 1 atom stereocenters. The molecule has 4 N–H and O–H groups in total. The molecular formula is C13H21N3O. The Morgan fingerprint density at radius 2 is 2.00 bits per heavy atom. The van der Waals surface area contributed by atoms with Gasteiger partial charge in [-0.15, -0.1) is 0 Å². The van der Waals surface area contributed by atoms with Crippen molar-refractivity contribution in [1.82, 2.24) is 5.01 Å². The highest BCUT2D eigenvalue weighted by molar-refractivity contribution is 5.71. The van der Waals surface area contributed by atoms with Crippen LogP contribution >= 0.6 is 0 Å². The van der Waals surface area contributed by atoms with Crippen LogP contribution in [-0.2, 0) is 6.42 Å². The highest BCUT2D eigenvalue weighted by atomic mass is 16.2. The summed E-state index contributed by atoms with van der Waals surface area (Å²) in [4.78, 5) is 11.1. The third-order valence-electron chi connectivity index (χ3n) is 2.85. The number of unbranched alkanes of at least 4 members (excludes halogenated alkanes) is 1. The number of rotatable bonds is 6. The summed E-state index contributed by atoms with van der Waals surface area (Å²) in [6.07, 6.45) is 3.75. The summed E-state index contributed by atoms with van der Waals surface area (Å²) < 4.78 is 0. The van der Waals surface area contributed by atoms with Crippen molar-refractivity contribution < 1.29 is 4.79 Å². The second-order valence-corrected chi connectivity index (χ2v) is 4.23. The lowest BCUT2D eigenvalue weighted by molar-refractivity contribution is 0.179. The lowest BCUT2D eigenvalue weighted by Gasteiger charge is -2.26. The fourth-order valence-corrected chi connectivity index (χ4v) is 1.85. The molecule has 4 heteroatoms. The molecule has 0 spiro atoms. The first-order valence-corrected chi connectivity index (χ1v) is 6.02. The molecule has 0 heterocycles. The molecule has 94 valence electrons. The summed E-state index contributed by atoms with van der Waals surface area (Å²) in [6.45, 7) is 2.12. The molecule has 0 bridgehead atoms. The molecular weight excluding hydrogens is 214 g/mol. The van der Waals surface area contributed by atoms with Gasteiger partial charge in [0.15, 0.2) is 0 Å². The standard InChI is InChI=1S/C13H21N3O/c1-2-3-9-12(16(15)13(14)17)10-11-7-5-4-6-8-11/h4-8,12H,2-3,9-10,15H2,1H3,(H2,14,17). The quantitative estimate of drug-likeness (QED) is 0.450. The zero-order chi connectivity index (χ0) is 12.7. The first-order chi connectivity index (χ1) is 8.15. The summed E-state index contributed by atoms with van der Waals surface area (Å²) in [6, 6.07) is 9.42. The van der Waals surface area contributed by atoms with E-state index in [-0.39, 0.29) is 6.04 Å². The first-order valence-electron chi connectivity index (χ1n) is 6.02. The van der Waals surface area contributed by atoms with E-state index in [2.05, 4.69) is 6.92 Å². The lowest BCUT2D eigenvalue weighted by Crippen LogP contribution is -2.49. The van der Waals surface area contributed by atoms with E-state index in [1.54, 1.807) is 0 Å². The third kappa shape index (κ3) is 4.44. The van der Waals surface area contributed by atoms with Gasteiger partial charge in [0.25, 0.3) is 0 Å². The van der Waals surface area contributed by atoms with E-state index >= 15 is 0 Å². The van der Waals surface area contributed by atoms with E-state index in [0.717, 1.165) is 30.7 Å². The van der Waals surface area contributed by atoms with Crippen molar-refractivity contribution >= 4 is 6.03 Å². The molecule has 2 amide bonds. The van der Waals surface area contributed by atoms with Gasteiger partial charge < -0.3 is 5.73 Å². The molecule has 0 saturated heterocycles. The van der Waals surface area contributed by atoms with Crippen molar-refractivity contribution in [3.8, 4) is 0 Å². The average molecular weight is 235 g/mol. The fraction of sp³-hybridized carbons (Fsp3) is 0.462. The first kappa shape index (κ1) is 13.5. The number of carbonyl (C=O) groups excluding carboxylic acids is 1. The molecule has 1 aromatic carbocycles. The van der Waals surface area contributed by atoms with E-state index in [9.17, 15) is 4.79 Å². The third-order valence-corrected chi connectivity index (χ3v) is 2.85. The molecule has 0 aliphatic carbocycles. The number of primary amides is 1. The Balaban J connectivity index is 2.66. The summed E-state index contributed by atoms with van der Waals surface area (Å²) >= 11 is 0. The van der Waals surface area contributed by atoms with Gasteiger partial charge in [-0.25, -0.2) is 10.6 Å². The zero-order valence-corrected chi connectivity index (χ0v) is 10.3. The van der Waals surface area contributed by atoms with Crippen LogP contribution < -0.4 is 11.6 Å². The molecule has 0 aliphatic heterocycles. The molecule has 17 heavy (non-hydrogen) atoms. The zero-order valence-electron chi connectivity index (χ0n) is 10.3. The Morgan fingerprint density at radius 3 is 2.53 bits per heavy atom. The molecule has 0 radical (unpaired) electrons. The fourth-order valence-electron chi connectivity index (χ4n) is 1.85. The van der Waals surface area contributed by atoms with Crippen LogP contribution in [0.2, 0.25) is 0 Å². The second kappa shape index (κ2) is 6.91. The summed E-state index contributed by atoms with van der Waals surface area (Å²) in [5, 5.41) is 1.16. The van der Waals surface area contributed by atoms with Crippen LogP contribution in [0.3, 0.4) is 0 Å². The Hall–Kier alpha value is -1.55. The topological polar surface area (TPSA) is 72.3 Å². The van der Waals surface area contributed by atoms with Gasteiger partial charge in [-0.05, 0) is 18.4 Å². The smallest absolute Gasteiger partial charge is 0.329 e.